The van der Waals surface area contributed by atoms with Gasteiger partial charge < -0.3 is 28.7 Å². The standard InChI is InChI=1S/C17H22NOS.HI/c1-12-6-9-17(20-5)18(10-12)11-15-13(2)7-8-16(19-4)14(15)3;/h6-10H,11H2,1-5H3;1H/q+1;/p-1. The van der Waals surface area contributed by atoms with E-state index in [2.05, 4.69) is 56.0 Å². The fourth-order valence-corrected chi connectivity index (χ4v) is 3.02. The Morgan fingerprint density at radius 3 is 2.43 bits per heavy atom. The summed E-state index contributed by atoms with van der Waals surface area (Å²) in [7, 11) is 1.73. The Morgan fingerprint density at radius 1 is 1.10 bits per heavy atom. The number of benzene rings is 1. The zero-order valence-corrected chi connectivity index (χ0v) is 16.2. The van der Waals surface area contributed by atoms with Crippen molar-refractivity contribution in [1.82, 2.24) is 0 Å². The van der Waals surface area contributed by atoms with E-state index in [1.807, 2.05) is 6.07 Å². The molecule has 0 spiro atoms. The third kappa shape index (κ3) is 4.13. The molecule has 4 heteroatoms. The van der Waals surface area contributed by atoms with Gasteiger partial charge >= 0.3 is 0 Å². The number of halogens is 1. The number of methoxy groups -OCH3 is 1. The van der Waals surface area contributed by atoms with Crippen LogP contribution in [0.4, 0.5) is 0 Å². The molecule has 2 aromatic rings. The van der Waals surface area contributed by atoms with Gasteiger partial charge in [-0.15, -0.1) is 0 Å². The van der Waals surface area contributed by atoms with Gasteiger partial charge in [-0.25, -0.2) is 0 Å². The van der Waals surface area contributed by atoms with Crippen molar-refractivity contribution in [3.8, 4) is 5.75 Å². The molecule has 1 heterocycles. The molecule has 0 amide bonds. The van der Waals surface area contributed by atoms with E-state index in [1.165, 1.54) is 27.3 Å². The van der Waals surface area contributed by atoms with Crippen molar-refractivity contribution in [1.29, 1.82) is 0 Å². The molecular weight excluding hydrogens is 393 g/mol. The van der Waals surface area contributed by atoms with Gasteiger partial charge in [0.15, 0.2) is 12.7 Å². The highest BCUT2D eigenvalue weighted by Crippen LogP contribution is 2.24. The van der Waals surface area contributed by atoms with Crippen LogP contribution in [0.2, 0.25) is 0 Å². The number of aryl methyl sites for hydroxylation is 2. The van der Waals surface area contributed by atoms with E-state index in [4.69, 9.17) is 4.74 Å². The third-order valence-electron chi connectivity index (χ3n) is 3.67. The zero-order chi connectivity index (χ0) is 14.7. The van der Waals surface area contributed by atoms with Gasteiger partial charge in [0, 0.05) is 22.8 Å². The van der Waals surface area contributed by atoms with Crippen molar-refractivity contribution < 1.29 is 33.3 Å². The van der Waals surface area contributed by atoms with Crippen LogP contribution in [0.1, 0.15) is 22.3 Å². The molecule has 0 aliphatic heterocycles. The molecule has 0 atom stereocenters. The van der Waals surface area contributed by atoms with Crippen LogP contribution in [0, 0.1) is 20.8 Å². The van der Waals surface area contributed by atoms with Gasteiger partial charge in [-0.2, -0.15) is 4.57 Å². The molecule has 0 fully saturated rings. The molecular formula is C17H22INOS. The first kappa shape index (κ1) is 18.3. The maximum Gasteiger partial charge on any atom is 0.240 e. The Kier molecular flexibility index (Phi) is 7.00. The predicted octanol–water partition coefficient (Wildman–Crippen LogP) is 0.682. The van der Waals surface area contributed by atoms with Crippen LogP contribution in [0.25, 0.3) is 0 Å². The van der Waals surface area contributed by atoms with Crippen LogP contribution >= 0.6 is 11.8 Å². The number of ether oxygens (including phenoxy) is 1. The number of rotatable bonds is 4. The highest BCUT2D eigenvalue weighted by atomic mass is 127. The smallest absolute Gasteiger partial charge is 0.240 e. The first-order valence-corrected chi connectivity index (χ1v) is 7.96. The van der Waals surface area contributed by atoms with E-state index < -0.39 is 0 Å². The minimum Gasteiger partial charge on any atom is -1.00 e. The molecule has 0 bridgehead atoms. The molecule has 1 aromatic carbocycles. The Morgan fingerprint density at radius 2 is 1.81 bits per heavy atom. The summed E-state index contributed by atoms with van der Waals surface area (Å²) in [5, 5.41) is 1.28. The van der Waals surface area contributed by atoms with Crippen LogP contribution in [-0.4, -0.2) is 13.4 Å². The zero-order valence-electron chi connectivity index (χ0n) is 13.2. The minimum absolute atomic E-state index is 0. The van der Waals surface area contributed by atoms with E-state index in [0.29, 0.717) is 0 Å². The van der Waals surface area contributed by atoms with Gasteiger partial charge in [0.2, 0.25) is 5.03 Å². The van der Waals surface area contributed by atoms with Gasteiger partial charge in [0.05, 0.1) is 7.11 Å². The second kappa shape index (κ2) is 8.03. The van der Waals surface area contributed by atoms with Gasteiger partial charge in [-0.1, -0.05) is 17.8 Å². The van der Waals surface area contributed by atoms with E-state index in [0.717, 1.165) is 12.3 Å². The van der Waals surface area contributed by atoms with Gasteiger partial charge in [-0.3, -0.25) is 0 Å². The molecule has 114 valence electrons. The summed E-state index contributed by atoms with van der Waals surface area (Å²) in [6, 6.07) is 8.53. The lowest BCUT2D eigenvalue weighted by atomic mass is 10.0. The molecule has 2 rings (SSSR count). The lowest BCUT2D eigenvalue weighted by Gasteiger charge is -2.12. The van der Waals surface area contributed by atoms with Crippen molar-refractivity contribution >= 4 is 11.8 Å². The lowest BCUT2D eigenvalue weighted by molar-refractivity contribution is -0.725. The molecule has 2 nitrogen and oxygen atoms in total. The van der Waals surface area contributed by atoms with Crippen molar-refractivity contribution in [2.75, 3.05) is 13.4 Å². The number of pyridine rings is 1. The molecule has 0 unspecified atom stereocenters. The van der Waals surface area contributed by atoms with Gasteiger partial charge in [0.25, 0.3) is 0 Å². The fraction of sp³-hybridized carbons (Fsp3) is 0.353. The molecule has 21 heavy (non-hydrogen) atoms. The van der Waals surface area contributed by atoms with E-state index in [-0.39, 0.29) is 24.0 Å². The van der Waals surface area contributed by atoms with Crippen molar-refractivity contribution in [2.24, 2.45) is 0 Å². The summed E-state index contributed by atoms with van der Waals surface area (Å²) in [6.07, 6.45) is 4.33. The largest absolute Gasteiger partial charge is 1.00 e. The molecule has 0 N–H and O–H groups in total. The monoisotopic (exact) mass is 415 g/mol. The molecule has 0 saturated heterocycles. The normalized spacial score (nSPS) is 10.1. The Balaban J connectivity index is 0.00000220. The van der Waals surface area contributed by atoms with Crippen LogP contribution in [-0.2, 0) is 6.54 Å². The van der Waals surface area contributed by atoms with Crippen molar-refractivity contribution in [3.63, 3.8) is 0 Å². The Labute approximate surface area is 148 Å². The minimum atomic E-state index is 0. The topological polar surface area (TPSA) is 13.1 Å². The van der Waals surface area contributed by atoms with Crippen LogP contribution in [0.15, 0.2) is 35.5 Å². The molecule has 0 aliphatic carbocycles. The molecule has 0 aliphatic rings. The highest BCUT2D eigenvalue weighted by molar-refractivity contribution is 7.98. The SMILES string of the molecule is COc1ccc(C)c(C[n+]2cc(C)ccc2SC)c1C.[I-]. The van der Waals surface area contributed by atoms with Crippen molar-refractivity contribution in [2.45, 2.75) is 32.3 Å². The summed E-state index contributed by atoms with van der Waals surface area (Å²) in [5.41, 5.74) is 5.16. The number of aromatic nitrogens is 1. The number of hydrogen-bond acceptors (Lipinski definition) is 2. The summed E-state index contributed by atoms with van der Waals surface area (Å²) < 4.78 is 7.76. The second-order valence-electron chi connectivity index (χ2n) is 5.06. The quantitative estimate of drug-likeness (QED) is 0.414. The maximum atomic E-state index is 5.44. The average Bonchev–Trinajstić information content (AvgIpc) is 2.44. The maximum absolute atomic E-state index is 5.44. The fourth-order valence-electron chi connectivity index (χ4n) is 2.47. The van der Waals surface area contributed by atoms with E-state index >= 15 is 0 Å². The average molecular weight is 415 g/mol. The number of thioether (sulfide) groups is 1. The molecule has 0 radical (unpaired) electrons. The molecule has 1 aromatic heterocycles. The van der Waals surface area contributed by atoms with Crippen LogP contribution < -0.4 is 33.3 Å². The predicted molar refractivity (Wildman–Crippen MR) is 84.7 cm³/mol. The number of nitrogens with zero attached hydrogens (tertiary/aromatic N) is 1. The van der Waals surface area contributed by atoms with Gasteiger partial charge in [0.1, 0.15) is 5.75 Å². The highest BCUT2D eigenvalue weighted by Gasteiger charge is 2.16. The summed E-state index contributed by atoms with van der Waals surface area (Å²) in [4.78, 5) is 0. The first-order valence-electron chi connectivity index (χ1n) is 6.74. The molecule has 0 saturated carbocycles. The van der Waals surface area contributed by atoms with E-state index in [1.54, 1.807) is 18.9 Å². The van der Waals surface area contributed by atoms with E-state index in [9.17, 15) is 0 Å². The van der Waals surface area contributed by atoms with Crippen LogP contribution in [0.5, 0.6) is 5.75 Å². The Bertz CT molecular complexity index is 628. The summed E-state index contributed by atoms with van der Waals surface area (Å²) in [5.74, 6) is 0.963. The lowest BCUT2D eigenvalue weighted by Crippen LogP contribution is -3.00. The van der Waals surface area contributed by atoms with Crippen LogP contribution in [0.3, 0.4) is 0 Å². The third-order valence-corrected chi connectivity index (χ3v) is 4.46. The Hall–Kier alpha value is -0.750. The summed E-state index contributed by atoms with van der Waals surface area (Å²) in [6.45, 7) is 7.31. The van der Waals surface area contributed by atoms with Crippen molar-refractivity contribution in [3.05, 3.63) is 52.7 Å². The number of hydrogen-bond donors (Lipinski definition) is 0. The second-order valence-corrected chi connectivity index (χ2v) is 5.89. The summed E-state index contributed by atoms with van der Waals surface area (Å²) >= 11 is 1.78. The van der Waals surface area contributed by atoms with Gasteiger partial charge in [-0.05, 0) is 44.7 Å². The first-order chi connectivity index (χ1) is 9.56.